The maximum atomic E-state index is 12.4. The monoisotopic (exact) mass is 539 g/mol. The van der Waals surface area contributed by atoms with Gasteiger partial charge >= 0.3 is 0 Å². The van der Waals surface area contributed by atoms with E-state index in [1.54, 1.807) is 24.3 Å². The fraction of sp³-hybridized carbons (Fsp3) is 0.0400. The number of fused-ring (bicyclic) bond motifs is 1. The van der Waals surface area contributed by atoms with Crippen LogP contribution in [0.3, 0.4) is 0 Å². The molecule has 0 aliphatic rings. The Labute approximate surface area is 195 Å². The molecule has 0 amide bonds. The van der Waals surface area contributed by atoms with Gasteiger partial charge in [0.05, 0.1) is 11.9 Å². The van der Waals surface area contributed by atoms with E-state index in [1.807, 2.05) is 60.7 Å². The van der Waals surface area contributed by atoms with Crippen LogP contribution in [0.25, 0.3) is 21.9 Å². The average molecular weight is 539 g/mol. The lowest BCUT2D eigenvalue weighted by Crippen LogP contribution is -2.24. The number of hydrogen-bond donors (Lipinski definition) is 1. The van der Waals surface area contributed by atoms with Gasteiger partial charge in [0.2, 0.25) is 10.0 Å². The topological polar surface area (TPSA) is 57.6 Å². The molecule has 0 aromatic heterocycles. The lowest BCUT2D eigenvalue weighted by molar-refractivity contribution is 0.481. The summed E-state index contributed by atoms with van der Waals surface area (Å²) in [6, 6.07) is 28.7. The molecule has 0 unspecified atom stereocenters. The third kappa shape index (κ3) is 4.53. The molecular formula is C25H18INO3S. The van der Waals surface area contributed by atoms with Gasteiger partial charge in [0.25, 0.3) is 0 Å². The van der Waals surface area contributed by atoms with Gasteiger partial charge in [0, 0.05) is 20.6 Å². The first-order valence-electron chi connectivity index (χ1n) is 9.42. The van der Waals surface area contributed by atoms with Gasteiger partial charge in [-0.1, -0.05) is 54.6 Å². The lowest BCUT2D eigenvalue weighted by Gasteiger charge is -2.15. The fourth-order valence-electron chi connectivity index (χ4n) is 3.40. The Kier molecular flexibility index (Phi) is 5.90. The number of aromatic hydroxyl groups is 1. The van der Waals surface area contributed by atoms with E-state index in [4.69, 9.17) is 0 Å². The van der Waals surface area contributed by atoms with Crippen molar-refractivity contribution in [2.75, 3.05) is 10.6 Å². The molecule has 0 atom stereocenters. The van der Waals surface area contributed by atoms with Crippen molar-refractivity contribution < 1.29 is 13.5 Å². The molecule has 4 aromatic rings. The van der Waals surface area contributed by atoms with E-state index in [0.717, 1.165) is 36.0 Å². The molecule has 0 aliphatic heterocycles. The summed E-state index contributed by atoms with van der Waals surface area (Å²) in [5, 5.41) is 11.9. The third-order valence-corrected chi connectivity index (χ3v) is 6.42. The van der Waals surface area contributed by atoms with Crippen LogP contribution in [0.1, 0.15) is 5.56 Å². The molecule has 6 heteroatoms. The Morgan fingerprint density at radius 3 is 2.29 bits per heavy atom. The molecule has 154 valence electrons. The van der Waals surface area contributed by atoms with E-state index in [2.05, 4.69) is 34.6 Å². The smallest absolute Gasteiger partial charge is 0.243 e. The summed E-state index contributed by atoms with van der Waals surface area (Å²) in [5.74, 6) is 3.26. The van der Waals surface area contributed by atoms with Gasteiger partial charge in [-0.2, -0.15) is 4.31 Å². The Bertz CT molecular complexity index is 1450. The van der Waals surface area contributed by atoms with Crippen molar-refractivity contribution in [3.05, 3.63) is 94.1 Å². The molecule has 1 N–H and O–H groups in total. The number of sulfonamides is 1. The number of phenolic OH excluding ortho intramolecular Hbond substituents is 1. The lowest BCUT2D eigenvalue weighted by atomic mass is 9.94. The maximum Gasteiger partial charge on any atom is 0.243 e. The summed E-state index contributed by atoms with van der Waals surface area (Å²) in [6.07, 6.45) is 1.14. The van der Waals surface area contributed by atoms with E-state index in [-0.39, 0.29) is 5.75 Å². The standard InChI is InChI=1S/C25H18INO3S/c1-31(29,30)27(20-9-6-8-19(26)17-20)16-15-18-7-2-3-10-21(18)23-13-14-25(28)24-12-5-4-11-22(23)24/h2-14,17,28H,1H3. The number of benzene rings is 4. The van der Waals surface area contributed by atoms with E-state index in [9.17, 15) is 13.5 Å². The minimum Gasteiger partial charge on any atom is -0.507 e. The number of phenols is 1. The highest BCUT2D eigenvalue weighted by Gasteiger charge is 2.16. The van der Waals surface area contributed by atoms with Crippen LogP contribution in [-0.4, -0.2) is 19.8 Å². The van der Waals surface area contributed by atoms with Crippen LogP contribution in [0, 0.1) is 15.5 Å². The molecule has 0 saturated carbocycles. The van der Waals surface area contributed by atoms with Crippen molar-refractivity contribution in [3.8, 4) is 28.8 Å². The minimum absolute atomic E-state index is 0.213. The summed E-state index contributed by atoms with van der Waals surface area (Å²) in [4.78, 5) is 0. The number of nitrogens with zero attached hydrogens (tertiary/aromatic N) is 1. The highest BCUT2D eigenvalue weighted by Crippen LogP contribution is 2.35. The van der Waals surface area contributed by atoms with E-state index < -0.39 is 10.0 Å². The molecule has 4 nitrogen and oxygen atoms in total. The van der Waals surface area contributed by atoms with Gasteiger partial charge in [0.1, 0.15) is 5.75 Å². The zero-order valence-corrected chi connectivity index (χ0v) is 19.6. The van der Waals surface area contributed by atoms with E-state index in [1.165, 1.54) is 0 Å². The van der Waals surface area contributed by atoms with Crippen LogP contribution in [0.15, 0.2) is 84.9 Å². The average Bonchev–Trinajstić information content (AvgIpc) is 2.74. The summed E-state index contributed by atoms with van der Waals surface area (Å²) in [6.45, 7) is 0. The number of rotatable bonds is 3. The van der Waals surface area contributed by atoms with Gasteiger partial charge in [-0.3, -0.25) is 0 Å². The Morgan fingerprint density at radius 2 is 1.55 bits per heavy atom. The first kappa shape index (κ1) is 21.2. The highest BCUT2D eigenvalue weighted by molar-refractivity contribution is 14.1. The molecule has 0 fully saturated rings. The van der Waals surface area contributed by atoms with E-state index >= 15 is 0 Å². The molecule has 0 saturated heterocycles. The predicted molar refractivity (Wildman–Crippen MR) is 134 cm³/mol. The van der Waals surface area contributed by atoms with Gasteiger partial charge in [-0.05, 0) is 75.4 Å². The third-order valence-electron chi connectivity index (χ3n) is 4.78. The quantitative estimate of drug-likeness (QED) is 0.210. The normalized spacial score (nSPS) is 11.0. The summed E-state index contributed by atoms with van der Waals surface area (Å²) in [7, 11) is -3.60. The second-order valence-corrected chi connectivity index (χ2v) is 10.0. The SMILES string of the molecule is CS(=O)(=O)N(C#Cc1ccccc1-c1ccc(O)c2ccccc12)c1cccc(I)c1. The molecule has 0 aliphatic carbocycles. The zero-order chi connectivity index (χ0) is 22.0. The second-order valence-electron chi connectivity index (χ2n) is 6.97. The van der Waals surface area contributed by atoms with Crippen molar-refractivity contribution in [2.45, 2.75) is 0 Å². The van der Waals surface area contributed by atoms with Gasteiger partial charge in [0.15, 0.2) is 0 Å². The first-order chi connectivity index (χ1) is 14.8. The van der Waals surface area contributed by atoms with Gasteiger partial charge < -0.3 is 5.11 Å². The molecule has 0 bridgehead atoms. The predicted octanol–water partition coefficient (Wildman–Crippen LogP) is 5.59. The van der Waals surface area contributed by atoms with Crippen molar-refractivity contribution in [1.29, 1.82) is 0 Å². The fourth-order valence-corrected chi connectivity index (χ4v) is 4.63. The summed E-state index contributed by atoms with van der Waals surface area (Å²) >= 11 is 2.14. The molecule has 0 radical (unpaired) electrons. The molecule has 0 heterocycles. The van der Waals surface area contributed by atoms with Crippen LogP contribution in [0.4, 0.5) is 5.69 Å². The van der Waals surface area contributed by atoms with Crippen LogP contribution >= 0.6 is 22.6 Å². The minimum atomic E-state index is -3.60. The van der Waals surface area contributed by atoms with Gasteiger partial charge in [-0.25, -0.2) is 8.42 Å². The van der Waals surface area contributed by atoms with Crippen molar-refractivity contribution in [1.82, 2.24) is 0 Å². The van der Waals surface area contributed by atoms with Crippen LogP contribution in [0.5, 0.6) is 5.75 Å². The van der Waals surface area contributed by atoms with Crippen LogP contribution < -0.4 is 4.31 Å². The summed E-state index contributed by atoms with van der Waals surface area (Å²) < 4.78 is 26.9. The van der Waals surface area contributed by atoms with Crippen LogP contribution in [-0.2, 0) is 10.0 Å². The first-order valence-corrected chi connectivity index (χ1v) is 12.3. The highest BCUT2D eigenvalue weighted by atomic mass is 127. The van der Waals surface area contributed by atoms with Crippen molar-refractivity contribution in [3.63, 3.8) is 0 Å². The van der Waals surface area contributed by atoms with E-state index in [0.29, 0.717) is 11.3 Å². The van der Waals surface area contributed by atoms with Crippen molar-refractivity contribution in [2.24, 2.45) is 0 Å². The molecule has 0 spiro atoms. The zero-order valence-electron chi connectivity index (χ0n) is 16.6. The number of halogens is 1. The summed E-state index contributed by atoms with van der Waals surface area (Å²) in [5.41, 5.74) is 2.97. The molecule has 4 aromatic carbocycles. The Morgan fingerprint density at radius 1 is 0.839 bits per heavy atom. The maximum absolute atomic E-state index is 12.4. The second kappa shape index (κ2) is 8.61. The number of hydrogen-bond acceptors (Lipinski definition) is 3. The number of anilines is 1. The van der Waals surface area contributed by atoms with Gasteiger partial charge in [-0.15, -0.1) is 0 Å². The van der Waals surface area contributed by atoms with Crippen LogP contribution in [0.2, 0.25) is 0 Å². The Balaban J connectivity index is 1.87. The van der Waals surface area contributed by atoms with Crippen molar-refractivity contribution >= 4 is 49.1 Å². The molecular weight excluding hydrogens is 521 g/mol. The Hall–Kier alpha value is -3.02. The molecule has 4 rings (SSSR count). The largest absolute Gasteiger partial charge is 0.507 e. The molecule has 31 heavy (non-hydrogen) atoms.